The van der Waals surface area contributed by atoms with E-state index in [-0.39, 0.29) is 5.76 Å². The summed E-state index contributed by atoms with van der Waals surface area (Å²) in [6.45, 7) is 5.38. The molecule has 0 aromatic heterocycles. The Hall–Kier alpha value is -1.50. The highest BCUT2D eigenvalue weighted by molar-refractivity contribution is 5.41. The van der Waals surface area contributed by atoms with Crippen molar-refractivity contribution in [1.82, 2.24) is 0 Å². The summed E-state index contributed by atoms with van der Waals surface area (Å²) in [6, 6.07) is 7.83. The van der Waals surface area contributed by atoms with Gasteiger partial charge in [0.25, 0.3) is 0 Å². The topological polar surface area (TPSA) is 20.2 Å². The Morgan fingerprint density at radius 2 is 1.92 bits per heavy atom. The average Bonchev–Trinajstić information content (AvgIpc) is 2.04. The molecule has 1 rings (SSSR count). The standard InChI is InChI=1S/C11H12O/c1-3-10-6-4-5-7-11(10)8-9(2)12/h3-8,12H,2H2,1H3. The van der Waals surface area contributed by atoms with Gasteiger partial charge in [0.1, 0.15) is 5.76 Å². The van der Waals surface area contributed by atoms with Gasteiger partial charge in [-0.15, -0.1) is 0 Å². The van der Waals surface area contributed by atoms with Gasteiger partial charge in [-0.2, -0.15) is 0 Å². The van der Waals surface area contributed by atoms with Gasteiger partial charge in [0.2, 0.25) is 0 Å². The number of rotatable bonds is 1. The molecule has 0 bridgehead atoms. The van der Waals surface area contributed by atoms with E-state index in [0.29, 0.717) is 0 Å². The van der Waals surface area contributed by atoms with Gasteiger partial charge in [0, 0.05) is 0 Å². The molecule has 0 saturated carbocycles. The third kappa shape index (κ3) is 1.99. The summed E-state index contributed by atoms with van der Waals surface area (Å²) in [7, 11) is 0. The van der Waals surface area contributed by atoms with Crippen LogP contribution in [0.5, 0.6) is 0 Å². The highest BCUT2D eigenvalue weighted by Gasteiger charge is 1.83. The highest BCUT2D eigenvalue weighted by atomic mass is 16.3. The quantitative estimate of drug-likeness (QED) is 0.615. The molecule has 0 saturated heterocycles. The Labute approximate surface area is 72.0 Å². The number of hydrogen-bond acceptors (Lipinski definition) is 1. The van der Waals surface area contributed by atoms with Crippen LogP contribution in [0.25, 0.3) is 12.2 Å². The van der Waals surface area contributed by atoms with E-state index in [1.54, 1.807) is 6.08 Å². The predicted molar refractivity (Wildman–Crippen MR) is 52.1 cm³/mol. The van der Waals surface area contributed by atoms with E-state index in [1.807, 2.05) is 37.3 Å². The highest BCUT2D eigenvalue weighted by Crippen LogP contribution is 1.81. The number of allylic oxidation sites excluding steroid dienone is 1. The molecule has 0 atom stereocenters. The van der Waals surface area contributed by atoms with Crippen molar-refractivity contribution in [1.29, 1.82) is 0 Å². The Kier molecular flexibility index (Phi) is 2.70. The maximum absolute atomic E-state index is 8.96. The molecule has 0 aliphatic rings. The van der Waals surface area contributed by atoms with E-state index in [0.717, 1.165) is 10.4 Å². The van der Waals surface area contributed by atoms with Crippen LogP contribution >= 0.6 is 0 Å². The number of aliphatic hydroxyl groups excluding tert-OH is 1. The van der Waals surface area contributed by atoms with Crippen LogP contribution in [0.1, 0.15) is 6.92 Å². The smallest absolute Gasteiger partial charge is 0.109 e. The van der Waals surface area contributed by atoms with Crippen molar-refractivity contribution < 1.29 is 5.11 Å². The molecule has 12 heavy (non-hydrogen) atoms. The first-order valence-electron chi connectivity index (χ1n) is 3.85. The lowest BCUT2D eigenvalue weighted by molar-refractivity contribution is 0.444. The fourth-order valence-electron chi connectivity index (χ4n) is 1.08. The lowest BCUT2D eigenvalue weighted by atomic mass is 10.2. The summed E-state index contributed by atoms with van der Waals surface area (Å²) >= 11 is 0. The van der Waals surface area contributed by atoms with Crippen molar-refractivity contribution in [2.24, 2.45) is 0 Å². The molecule has 0 amide bonds. The molecule has 0 aliphatic heterocycles. The van der Waals surface area contributed by atoms with E-state index in [1.165, 1.54) is 0 Å². The van der Waals surface area contributed by atoms with Gasteiger partial charge in [-0.1, -0.05) is 36.9 Å². The van der Waals surface area contributed by atoms with Crippen molar-refractivity contribution in [3.05, 3.63) is 47.0 Å². The lowest BCUT2D eigenvalue weighted by Crippen LogP contribution is -2.23. The zero-order chi connectivity index (χ0) is 8.97. The molecule has 1 nitrogen and oxygen atoms in total. The molecule has 0 fully saturated rings. The molecule has 0 unspecified atom stereocenters. The minimum absolute atomic E-state index is 0.0873. The molecule has 1 aromatic carbocycles. The van der Waals surface area contributed by atoms with Crippen molar-refractivity contribution in [2.45, 2.75) is 6.92 Å². The molecule has 0 aliphatic carbocycles. The van der Waals surface area contributed by atoms with Gasteiger partial charge in [-0.25, -0.2) is 0 Å². The van der Waals surface area contributed by atoms with Gasteiger partial charge in [0.05, 0.1) is 0 Å². The second kappa shape index (κ2) is 3.77. The monoisotopic (exact) mass is 160 g/mol. The van der Waals surface area contributed by atoms with Crippen molar-refractivity contribution in [2.75, 3.05) is 0 Å². The lowest BCUT2D eigenvalue weighted by Gasteiger charge is -1.89. The van der Waals surface area contributed by atoms with Crippen LogP contribution in [0, 0.1) is 0 Å². The normalized spacial score (nSPS) is 13.4. The Morgan fingerprint density at radius 1 is 1.33 bits per heavy atom. The predicted octanol–water partition coefficient (Wildman–Crippen LogP) is 1.34. The minimum Gasteiger partial charge on any atom is -0.509 e. The molecule has 1 aromatic rings. The second-order valence-electron chi connectivity index (χ2n) is 2.55. The molecule has 0 spiro atoms. The van der Waals surface area contributed by atoms with E-state index in [9.17, 15) is 0 Å². The fraction of sp³-hybridized carbons (Fsp3) is 0.0909. The van der Waals surface area contributed by atoms with Crippen molar-refractivity contribution >= 4 is 12.2 Å². The third-order valence-corrected chi connectivity index (χ3v) is 1.63. The summed E-state index contributed by atoms with van der Waals surface area (Å²) in [5.74, 6) is 0.0873. The molecule has 1 N–H and O–H groups in total. The zero-order valence-electron chi connectivity index (χ0n) is 7.12. The van der Waals surface area contributed by atoms with Crippen LogP contribution in [0.3, 0.4) is 0 Å². The first-order chi connectivity index (χ1) is 5.74. The zero-order valence-corrected chi connectivity index (χ0v) is 7.12. The Bertz CT molecular complexity index is 388. The van der Waals surface area contributed by atoms with Crippen molar-refractivity contribution in [3.63, 3.8) is 0 Å². The van der Waals surface area contributed by atoms with E-state index in [2.05, 4.69) is 6.58 Å². The van der Waals surface area contributed by atoms with Crippen molar-refractivity contribution in [3.8, 4) is 0 Å². The number of aliphatic hydroxyl groups is 1. The molecule has 1 heteroatoms. The largest absolute Gasteiger partial charge is 0.509 e. The summed E-state index contributed by atoms with van der Waals surface area (Å²) in [4.78, 5) is 0. The average molecular weight is 160 g/mol. The first-order valence-corrected chi connectivity index (χ1v) is 3.85. The molecular weight excluding hydrogens is 148 g/mol. The molecule has 62 valence electrons. The summed E-state index contributed by atoms with van der Waals surface area (Å²) in [6.07, 6.45) is 3.64. The van der Waals surface area contributed by atoms with Crippen LogP contribution in [0.4, 0.5) is 0 Å². The van der Waals surface area contributed by atoms with Gasteiger partial charge >= 0.3 is 0 Å². The minimum atomic E-state index is 0.0873. The second-order valence-corrected chi connectivity index (χ2v) is 2.55. The maximum Gasteiger partial charge on any atom is 0.109 e. The molecule has 0 heterocycles. The molecule has 0 radical (unpaired) electrons. The van der Waals surface area contributed by atoms with E-state index in [4.69, 9.17) is 5.11 Å². The third-order valence-electron chi connectivity index (χ3n) is 1.63. The maximum atomic E-state index is 8.96. The van der Waals surface area contributed by atoms with Crippen LogP contribution in [0.15, 0.2) is 36.6 Å². The summed E-state index contributed by atoms with van der Waals surface area (Å²) in [5.41, 5.74) is 0. The Balaban J connectivity index is 3.43. The number of benzene rings is 1. The fourth-order valence-corrected chi connectivity index (χ4v) is 1.08. The van der Waals surface area contributed by atoms with Crippen LogP contribution in [-0.4, -0.2) is 5.11 Å². The van der Waals surface area contributed by atoms with Gasteiger partial charge < -0.3 is 5.11 Å². The molecular formula is C11H12O. The van der Waals surface area contributed by atoms with Gasteiger partial charge in [0.15, 0.2) is 0 Å². The number of hydrogen-bond donors (Lipinski definition) is 1. The SMILES string of the molecule is C=C(O)C=c1ccccc1=CC. The van der Waals surface area contributed by atoms with Gasteiger partial charge in [-0.3, -0.25) is 0 Å². The summed E-state index contributed by atoms with van der Waals surface area (Å²) in [5, 5.41) is 11.1. The summed E-state index contributed by atoms with van der Waals surface area (Å²) < 4.78 is 0. The van der Waals surface area contributed by atoms with Crippen LogP contribution in [0.2, 0.25) is 0 Å². The Morgan fingerprint density at radius 3 is 2.42 bits per heavy atom. The van der Waals surface area contributed by atoms with Crippen LogP contribution in [-0.2, 0) is 0 Å². The van der Waals surface area contributed by atoms with E-state index < -0.39 is 0 Å². The first kappa shape index (κ1) is 8.60. The van der Waals surface area contributed by atoms with Crippen LogP contribution < -0.4 is 10.4 Å². The van der Waals surface area contributed by atoms with E-state index >= 15 is 0 Å². The van der Waals surface area contributed by atoms with Gasteiger partial charge in [-0.05, 0) is 23.4 Å².